The second-order valence-electron chi connectivity index (χ2n) is 4.13. The van der Waals surface area contributed by atoms with Crippen LogP contribution in [-0.4, -0.2) is 31.7 Å². The molecule has 1 aliphatic rings. The third-order valence-electron chi connectivity index (χ3n) is 2.80. The lowest BCUT2D eigenvalue weighted by Crippen LogP contribution is -2.41. The summed E-state index contributed by atoms with van der Waals surface area (Å²) < 4.78 is 5.44. The van der Waals surface area contributed by atoms with Gasteiger partial charge in [0.15, 0.2) is 0 Å². The summed E-state index contributed by atoms with van der Waals surface area (Å²) in [5, 5.41) is 9.65. The normalized spacial score (nSPS) is 19.6. The first-order valence-electron chi connectivity index (χ1n) is 5.53. The maximum absolute atomic E-state index is 11.5. The molecule has 7 heteroatoms. The summed E-state index contributed by atoms with van der Waals surface area (Å²) in [7, 11) is 0. The van der Waals surface area contributed by atoms with Crippen LogP contribution in [0.4, 0.5) is 10.7 Å². The number of primary amides is 1. The van der Waals surface area contributed by atoms with E-state index in [-0.39, 0.29) is 17.4 Å². The van der Waals surface area contributed by atoms with Crippen LogP contribution in [0.3, 0.4) is 0 Å². The molecule has 2 rings (SSSR count). The molecule has 1 aromatic heterocycles. The summed E-state index contributed by atoms with van der Waals surface area (Å²) in [6.07, 6.45) is 0.0772. The van der Waals surface area contributed by atoms with Gasteiger partial charge in [0.2, 0.25) is 0 Å². The van der Waals surface area contributed by atoms with E-state index in [2.05, 4.69) is 0 Å². The van der Waals surface area contributed by atoms with Crippen molar-refractivity contribution >= 4 is 27.9 Å². The molecule has 1 fully saturated rings. The molecule has 0 aliphatic carbocycles. The molecule has 4 N–H and O–H groups in total. The van der Waals surface area contributed by atoms with Gasteiger partial charge in [-0.1, -0.05) is 0 Å². The molecule has 0 aromatic carbocycles. The van der Waals surface area contributed by atoms with Gasteiger partial charge in [-0.3, -0.25) is 4.79 Å². The number of amides is 1. The van der Waals surface area contributed by atoms with Crippen LogP contribution < -0.4 is 16.4 Å². The average Bonchev–Trinajstić information content (AvgIpc) is 2.66. The highest BCUT2D eigenvalue weighted by Gasteiger charge is 2.27. The minimum absolute atomic E-state index is 0.0772. The van der Waals surface area contributed by atoms with Crippen LogP contribution in [0.15, 0.2) is 0 Å². The van der Waals surface area contributed by atoms with Crippen molar-refractivity contribution in [3.63, 3.8) is 0 Å². The van der Waals surface area contributed by atoms with Gasteiger partial charge in [-0.15, -0.1) is 11.3 Å². The van der Waals surface area contributed by atoms with Crippen molar-refractivity contribution in [1.29, 1.82) is 5.26 Å². The molecule has 96 valence electrons. The Morgan fingerprint density at radius 3 is 2.94 bits per heavy atom. The second kappa shape index (κ2) is 4.84. The van der Waals surface area contributed by atoms with Gasteiger partial charge in [-0.2, -0.15) is 5.26 Å². The van der Waals surface area contributed by atoms with Crippen LogP contribution >= 0.6 is 11.3 Å². The van der Waals surface area contributed by atoms with Gasteiger partial charge in [0.1, 0.15) is 15.9 Å². The number of hydrogen-bond acceptors (Lipinski definition) is 6. The van der Waals surface area contributed by atoms with E-state index in [0.29, 0.717) is 29.6 Å². The summed E-state index contributed by atoms with van der Waals surface area (Å²) in [5.41, 5.74) is 11.6. The van der Waals surface area contributed by atoms with Crippen LogP contribution in [0.2, 0.25) is 0 Å². The van der Waals surface area contributed by atoms with E-state index >= 15 is 0 Å². The zero-order valence-corrected chi connectivity index (χ0v) is 10.8. The fraction of sp³-hybridized carbons (Fsp3) is 0.455. The highest BCUT2D eigenvalue weighted by Crippen LogP contribution is 2.38. The number of thiophene rings is 1. The lowest BCUT2D eigenvalue weighted by atomic mass is 10.2. The third kappa shape index (κ3) is 2.12. The lowest BCUT2D eigenvalue weighted by molar-refractivity contribution is 0.0533. The zero-order valence-electron chi connectivity index (χ0n) is 9.97. The van der Waals surface area contributed by atoms with Gasteiger partial charge in [0, 0.05) is 13.1 Å². The molecule has 1 saturated heterocycles. The molecule has 6 nitrogen and oxygen atoms in total. The van der Waals surface area contributed by atoms with Gasteiger partial charge in [0.05, 0.1) is 24.0 Å². The molecule has 18 heavy (non-hydrogen) atoms. The van der Waals surface area contributed by atoms with Crippen molar-refractivity contribution in [2.75, 3.05) is 30.3 Å². The highest BCUT2D eigenvalue weighted by molar-refractivity contribution is 7.17. The van der Waals surface area contributed by atoms with Crippen molar-refractivity contribution in [3.8, 4) is 6.07 Å². The highest BCUT2D eigenvalue weighted by atomic mass is 32.1. The van der Waals surface area contributed by atoms with E-state index in [1.807, 2.05) is 17.9 Å². The number of morpholine rings is 1. The number of hydrogen-bond donors (Lipinski definition) is 2. The first-order valence-corrected chi connectivity index (χ1v) is 6.35. The first-order chi connectivity index (χ1) is 8.54. The SMILES string of the molecule is CC1CN(c2sc(C#N)c(N)c2C(N)=O)CCO1. The monoisotopic (exact) mass is 266 g/mol. The molecule has 1 amide bonds. The van der Waals surface area contributed by atoms with Gasteiger partial charge in [-0.05, 0) is 6.92 Å². The largest absolute Gasteiger partial charge is 0.396 e. The van der Waals surface area contributed by atoms with E-state index in [0.717, 1.165) is 0 Å². The standard InChI is InChI=1S/C11H14N4O2S/c1-6-5-15(2-3-17-6)11-8(10(14)16)9(13)7(4-12)18-11/h6H,2-3,5,13H2,1H3,(H2,14,16). The Labute approximate surface area is 109 Å². The van der Waals surface area contributed by atoms with Crippen LogP contribution in [0, 0.1) is 11.3 Å². The fourth-order valence-electron chi connectivity index (χ4n) is 1.98. The quantitative estimate of drug-likeness (QED) is 0.812. The maximum atomic E-state index is 11.5. The summed E-state index contributed by atoms with van der Waals surface area (Å²) >= 11 is 1.21. The maximum Gasteiger partial charge on any atom is 0.253 e. The molecule has 0 saturated carbocycles. The van der Waals surface area contributed by atoms with Crippen molar-refractivity contribution < 1.29 is 9.53 Å². The van der Waals surface area contributed by atoms with Crippen molar-refractivity contribution in [2.45, 2.75) is 13.0 Å². The molecule has 2 heterocycles. The molecular formula is C11H14N4O2S. The lowest BCUT2D eigenvalue weighted by Gasteiger charge is -2.32. The first kappa shape index (κ1) is 12.7. The van der Waals surface area contributed by atoms with Gasteiger partial charge >= 0.3 is 0 Å². The minimum atomic E-state index is -0.598. The number of nitrogen functional groups attached to an aromatic ring is 1. The summed E-state index contributed by atoms with van der Waals surface area (Å²) in [6.45, 7) is 3.86. The zero-order chi connectivity index (χ0) is 13.3. The smallest absolute Gasteiger partial charge is 0.253 e. The predicted octanol–water partition coefficient (Wildman–Crippen LogP) is 0.526. The average molecular weight is 266 g/mol. The number of nitrogens with zero attached hydrogens (tertiary/aromatic N) is 2. The van der Waals surface area contributed by atoms with Crippen molar-refractivity contribution in [1.82, 2.24) is 0 Å². The molecule has 0 spiro atoms. The van der Waals surface area contributed by atoms with E-state index in [4.69, 9.17) is 21.5 Å². The Morgan fingerprint density at radius 1 is 1.67 bits per heavy atom. The number of anilines is 2. The number of nitriles is 1. The number of ether oxygens (including phenoxy) is 1. The van der Waals surface area contributed by atoms with Crippen LogP contribution in [-0.2, 0) is 4.74 Å². The molecule has 1 atom stereocenters. The Kier molecular flexibility index (Phi) is 3.41. The second-order valence-corrected chi connectivity index (χ2v) is 5.13. The van der Waals surface area contributed by atoms with Gasteiger partial charge in [0.25, 0.3) is 5.91 Å². The van der Waals surface area contributed by atoms with Crippen LogP contribution in [0.25, 0.3) is 0 Å². The van der Waals surface area contributed by atoms with E-state index in [1.54, 1.807) is 0 Å². The Hall–Kier alpha value is -1.78. The minimum Gasteiger partial charge on any atom is -0.396 e. The number of nitrogens with two attached hydrogens (primary N) is 2. The van der Waals surface area contributed by atoms with Gasteiger partial charge < -0.3 is 21.1 Å². The van der Waals surface area contributed by atoms with E-state index in [9.17, 15) is 4.79 Å². The topological polar surface area (TPSA) is 105 Å². The summed E-state index contributed by atoms with van der Waals surface area (Å²) in [6, 6.07) is 1.99. The number of carbonyl (C=O) groups is 1. The molecular weight excluding hydrogens is 252 g/mol. The molecule has 1 aromatic rings. The van der Waals surface area contributed by atoms with E-state index in [1.165, 1.54) is 11.3 Å². The van der Waals surface area contributed by atoms with Crippen molar-refractivity contribution in [3.05, 3.63) is 10.4 Å². The Balaban J connectivity index is 2.43. The van der Waals surface area contributed by atoms with Crippen LogP contribution in [0.5, 0.6) is 0 Å². The van der Waals surface area contributed by atoms with Crippen LogP contribution in [0.1, 0.15) is 22.2 Å². The predicted molar refractivity (Wildman–Crippen MR) is 69.6 cm³/mol. The Bertz CT molecular complexity index is 520. The number of carbonyl (C=O) groups excluding carboxylic acids is 1. The Morgan fingerprint density at radius 2 is 2.39 bits per heavy atom. The van der Waals surface area contributed by atoms with Crippen molar-refractivity contribution in [2.24, 2.45) is 5.73 Å². The molecule has 1 unspecified atom stereocenters. The molecule has 1 aliphatic heterocycles. The molecule has 0 radical (unpaired) electrons. The molecule has 0 bridgehead atoms. The third-order valence-corrected chi connectivity index (χ3v) is 3.97. The number of rotatable bonds is 2. The van der Waals surface area contributed by atoms with E-state index < -0.39 is 5.91 Å². The summed E-state index contributed by atoms with van der Waals surface area (Å²) in [5.74, 6) is -0.598. The fourth-order valence-corrected chi connectivity index (χ4v) is 3.04. The summed E-state index contributed by atoms with van der Waals surface area (Å²) in [4.78, 5) is 13.8. The van der Waals surface area contributed by atoms with Gasteiger partial charge in [-0.25, -0.2) is 0 Å².